The SMILES string of the molecule is CNC(=O)[C@@H]1CCCN1C(=O)[C@@H](NCC(N)c1cnc(F)cc1C)C(C)(C)C. The summed E-state index contributed by atoms with van der Waals surface area (Å²) in [6, 6.07) is -0.0160. The number of hydrogen-bond acceptors (Lipinski definition) is 5. The standard InChI is InChI=1S/C20H32FN5O2/c1-12-9-16(21)24-10-13(12)14(22)11-25-17(20(2,3)4)19(28)26-8-6-7-15(26)18(27)23-5/h9-10,14-15,17,25H,6-8,11,22H2,1-5H3,(H,23,27)/t14?,15-,17+/m0/s1. The summed E-state index contributed by atoms with van der Waals surface area (Å²) in [5, 5.41) is 5.93. The van der Waals surface area contributed by atoms with Gasteiger partial charge in [-0.05, 0) is 42.4 Å². The van der Waals surface area contributed by atoms with Crippen LogP contribution in [0.5, 0.6) is 0 Å². The van der Waals surface area contributed by atoms with Gasteiger partial charge in [0.05, 0.1) is 6.04 Å². The van der Waals surface area contributed by atoms with Crippen molar-refractivity contribution in [3.8, 4) is 0 Å². The molecule has 8 heteroatoms. The van der Waals surface area contributed by atoms with Crippen LogP contribution >= 0.6 is 0 Å². The summed E-state index contributed by atoms with van der Waals surface area (Å²) in [5.41, 5.74) is 7.36. The second kappa shape index (κ2) is 8.96. The van der Waals surface area contributed by atoms with Crippen LogP contribution in [0.4, 0.5) is 4.39 Å². The van der Waals surface area contributed by atoms with Gasteiger partial charge in [0.2, 0.25) is 17.8 Å². The van der Waals surface area contributed by atoms with Crippen LogP contribution < -0.4 is 16.4 Å². The van der Waals surface area contributed by atoms with Gasteiger partial charge < -0.3 is 21.3 Å². The molecule has 0 saturated carbocycles. The number of amides is 2. The number of aryl methyl sites for hydroxylation is 1. The first-order chi connectivity index (χ1) is 13.1. The van der Waals surface area contributed by atoms with Crippen LogP contribution in [0.1, 0.15) is 50.8 Å². The monoisotopic (exact) mass is 393 g/mol. The molecule has 1 aliphatic heterocycles. The van der Waals surface area contributed by atoms with Crippen LogP contribution in [0.15, 0.2) is 12.3 Å². The van der Waals surface area contributed by atoms with E-state index in [0.29, 0.717) is 19.5 Å². The van der Waals surface area contributed by atoms with E-state index in [9.17, 15) is 14.0 Å². The molecule has 2 amide bonds. The van der Waals surface area contributed by atoms with Crippen molar-refractivity contribution in [3.05, 3.63) is 29.3 Å². The molecule has 1 fully saturated rings. The zero-order chi connectivity index (χ0) is 21.1. The lowest BCUT2D eigenvalue weighted by Crippen LogP contribution is -2.57. The molecule has 2 heterocycles. The van der Waals surface area contributed by atoms with Gasteiger partial charge in [-0.1, -0.05) is 20.8 Å². The fourth-order valence-corrected chi connectivity index (χ4v) is 3.67. The van der Waals surface area contributed by atoms with Gasteiger partial charge >= 0.3 is 0 Å². The number of hydrogen-bond donors (Lipinski definition) is 3. The molecule has 0 radical (unpaired) electrons. The van der Waals surface area contributed by atoms with Crippen LogP contribution in [0.25, 0.3) is 0 Å². The van der Waals surface area contributed by atoms with Gasteiger partial charge in [-0.3, -0.25) is 9.59 Å². The maximum Gasteiger partial charge on any atom is 0.242 e. The van der Waals surface area contributed by atoms with E-state index in [1.807, 2.05) is 20.8 Å². The highest BCUT2D eigenvalue weighted by Crippen LogP contribution is 2.26. The van der Waals surface area contributed by atoms with E-state index < -0.39 is 24.1 Å². The Bertz CT molecular complexity index is 719. The van der Waals surface area contributed by atoms with Gasteiger partial charge in [-0.2, -0.15) is 4.39 Å². The molecule has 0 bridgehead atoms. The summed E-state index contributed by atoms with van der Waals surface area (Å²) >= 11 is 0. The second-order valence-corrected chi connectivity index (χ2v) is 8.48. The third-order valence-corrected chi connectivity index (χ3v) is 5.26. The first-order valence-electron chi connectivity index (χ1n) is 9.69. The molecule has 1 aliphatic rings. The fourth-order valence-electron chi connectivity index (χ4n) is 3.67. The Kier molecular flexibility index (Phi) is 7.11. The number of pyridine rings is 1. The number of nitrogens with one attached hydrogen (secondary N) is 2. The van der Waals surface area contributed by atoms with Gasteiger partial charge in [0, 0.05) is 32.4 Å². The molecular formula is C20H32FN5O2. The van der Waals surface area contributed by atoms with Gasteiger partial charge in [0.1, 0.15) is 6.04 Å². The maximum absolute atomic E-state index is 13.3. The van der Waals surface area contributed by atoms with Crippen molar-refractivity contribution in [3.63, 3.8) is 0 Å². The van der Waals surface area contributed by atoms with Crippen molar-refractivity contribution in [1.29, 1.82) is 0 Å². The number of likely N-dealkylation sites (N-methyl/N-ethyl adjacent to an activating group) is 1. The van der Waals surface area contributed by atoms with Crippen molar-refractivity contribution < 1.29 is 14.0 Å². The summed E-state index contributed by atoms with van der Waals surface area (Å²) in [4.78, 5) is 30.7. The Labute approximate surface area is 166 Å². The highest BCUT2D eigenvalue weighted by atomic mass is 19.1. The zero-order valence-corrected chi connectivity index (χ0v) is 17.4. The molecule has 156 valence electrons. The Morgan fingerprint density at radius 1 is 1.43 bits per heavy atom. The number of rotatable bonds is 6. The Balaban J connectivity index is 2.13. The van der Waals surface area contributed by atoms with E-state index >= 15 is 0 Å². The third-order valence-electron chi connectivity index (χ3n) is 5.26. The van der Waals surface area contributed by atoms with Crippen molar-refractivity contribution in [2.75, 3.05) is 20.1 Å². The van der Waals surface area contributed by atoms with Crippen LogP contribution in [0, 0.1) is 18.3 Å². The third kappa shape index (κ3) is 5.05. The highest BCUT2D eigenvalue weighted by molar-refractivity contribution is 5.90. The first-order valence-corrected chi connectivity index (χ1v) is 9.69. The lowest BCUT2D eigenvalue weighted by Gasteiger charge is -2.36. The summed E-state index contributed by atoms with van der Waals surface area (Å²) in [7, 11) is 1.58. The predicted molar refractivity (Wildman–Crippen MR) is 106 cm³/mol. The molecule has 28 heavy (non-hydrogen) atoms. The van der Waals surface area contributed by atoms with Gasteiger partial charge in [0.25, 0.3) is 0 Å². The van der Waals surface area contributed by atoms with Crippen molar-refractivity contribution >= 4 is 11.8 Å². The number of carbonyl (C=O) groups excluding carboxylic acids is 2. The van der Waals surface area contributed by atoms with Gasteiger partial charge in [-0.15, -0.1) is 0 Å². The van der Waals surface area contributed by atoms with Crippen molar-refractivity contribution in [1.82, 2.24) is 20.5 Å². The number of aromatic nitrogens is 1. The highest BCUT2D eigenvalue weighted by Gasteiger charge is 2.40. The molecular weight excluding hydrogens is 361 g/mol. The average molecular weight is 394 g/mol. The van der Waals surface area contributed by atoms with Crippen LogP contribution in [-0.2, 0) is 9.59 Å². The molecule has 0 aromatic carbocycles. The van der Waals surface area contributed by atoms with Crippen LogP contribution in [0.2, 0.25) is 0 Å². The molecule has 1 unspecified atom stereocenters. The topological polar surface area (TPSA) is 100 Å². The molecule has 1 aromatic heterocycles. The minimum atomic E-state index is -0.543. The zero-order valence-electron chi connectivity index (χ0n) is 17.4. The Hall–Kier alpha value is -2.06. The van der Waals surface area contributed by atoms with Crippen molar-refractivity contribution in [2.24, 2.45) is 11.1 Å². The molecule has 3 atom stereocenters. The maximum atomic E-state index is 13.3. The smallest absolute Gasteiger partial charge is 0.242 e. The Morgan fingerprint density at radius 2 is 2.11 bits per heavy atom. The van der Waals surface area contributed by atoms with Crippen LogP contribution in [0.3, 0.4) is 0 Å². The van der Waals surface area contributed by atoms with Gasteiger partial charge in [-0.25, -0.2) is 4.98 Å². The van der Waals surface area contributed by atoms with E-state index in [1.165, 1.54) is 12.3 Å². The summed E-state index contributed by atoms with van der Waals surface area (Å²) in [5.74, 6) is -0.776. The predicted octanol–water partition coefficient (Wildman–Crippen LogP) is 1.27. The molecule has 7 nitrogen and oxygen atoms in total. The average Bonchev–Trinajstić information content (AvgIpc) is 3.09. The van der Waals surface area contributed by atoms with Gasteiger partial charge in [0.15, 0.2) is 0 Å². The first kappa shape index (κ1) is 22.2. The number of likely N-dealkylation sites (tertiary alicyclic amines) is 1. The minimum Gasteiger partial charge on any atom is -0.357 e. The fraction of sp³-hybridized carbons (Fsp3) is 0.650. The quantitative estimate of drug-likeness (QED) is 0.632. The van der Waals surface area contributed by atoms with E-state index in [2.05, 4.69) is 15.6 Å². The molecule has 0 aliphatic carbocycles. The minimum absolute atomic E-state index is 0.0975. The van der Waals surface area contributed by atoms with E-state index in [-0.39, 0.29) is 17.2 Å². The molecule has 0 spiro atoms. The molecule has 4 N–H and O–H groups in total. The van der Waals surface area contributed by atoms with E-state index in [4.69, 9.17) is 5.73 Å². The molecule has 1 saturated heterocycles. The number of carbonyl (C=O) groups is 2. The Morgan fingerprint density at radius 3 is 2.68 bits per heavy atom. The van der Waals surface area contributed by atoms with E-state index in [0.717, 1.165) is 17.5 Å². The number of nitrogens with two attached hydrogens (primary N) is 1. The summed E-state index contributed by atoms with van der Waals surface area (Å²) in [6.45, 7) is 8.61. The number of nitrogens with zero attached hydrogens (tertiary/aromatic N) is 2. The lowest BCUT2D eigenvalue weighted by atomic mass is 9.85. The normalized spacial score (nSPS) is 19.4. The lowest BCUT2D eigenvalue weighted by molar-refractivity contribution is -0.142. The van der Waals surface area contributed by atoms with Crippen molar-refractivity contribution in [2.45, 2.75) is 58.7 Å². The summed E-state index contributed by atoms with van der Waals surface area (Å²) in [6.07, 6.45) is 2.91. The number of halogens is 1. The van der Waals surface area contributed by atoms with Crippen LogP contribution in [-0.4, -0.2) is 53.9 Å². The molecule has 1 aromatic rings. The largest absolute Gasteiger partial charge is 0.357 e. The summed E-state index contributed by atoms with van der Waals surface area (Å²) < 4.78 is 13.2. The molecule has 2 rings (SSSR count). The second-order valence-electron chi connectivity index (χ2n) is 8.48. The van der Waals surface area contributed by atoms with E-state index in [1.54, 1.807) is 18.9 Å².